The Morgan fingerprint density at radius 1 is 1.25 bits per heavy atom. The van der Waals surface area contributed by atoms with Crippen molar-refractivity contribution in [2.75, 3.05) is 11.1 Å². The normalized spacial score (nSPS) is 21.4. The van der Waals surface area contributed by atoms with E-state index in [1.54, 1.807) is 0 Å². The number of sulfone groups is 1. The Morgan fingerprint density at radius 2 is 1.95 bits per heavy atom. The summed E-state index contributed by atoms with van der Waals surface area (Å²) in [6.45, 7) is 0. The summed E-state index contributed by atoms with van der Waals surface area (Å²) >= 11 is 2.82. The van der Waals surface area contributed by atoms with E-state index >= 15 is 0 Å². The molecule has 20 heavy (non-hydrogen) atoms. The van der Waals surface area contributed by atoms with E-state index in [9.17, 15) is 22.0 Å². The second kappa shape index (κ2) is 5.77. The van der Waals surface area contributed by atoms with E-state index < -0.39 is 32.6 Å². The van der Waals surface area contributed by atoms with Crippen LogP contribution in [0.5, 0.6) is 0 Å². The van der Waals surface area contributed by atoms with Crippen LogP contribution in [0.2, 0.25) is 0 Å². The fraction of sp³-hybridized carbons (Fsp3) is 0.417. The summed E-state index contributed by atoms with van der Waals surface area (Å²) in [7, 11) is -3.51. The number of carbonyl (C=O) groups is 1. The molecule has 1 atom stereocenters. The van der Waals surface area contributed by atoms with Gasteiger partial charge in [-0.1, -0.05) is 6.42 Å². The standard InChI is InChI=1S/C12H12BrF2NO3S/c13-7-5-9(15)10(6-8(7)14)16-12(17)11-3-1-2-4-20(11,18)19/h5-6,11H,1-4H2,(H,16,17). The van der Waals surface area contributed by atoms with Crippen LogP contribution in [-0.4, -0.2) is 25.3 Å². The molecule has 0 spiro atoms. The first-order valence-corrected chi connectivity index (χ1v) is 8.49. The van der Waals surface area contributed by atoms with Crippen LogP contribution >= 0.6 is 15.9 Å². The second-order valence-corrected chi connectivity index (χ2v) is 7.74. The third kappa shape index (κ3) is 3.17. The summed E-state index contributed by atoms with van der Waals surface area (Å²) in [4.78, 5) is 11.9. The number of carbonyl (C=O) groups excluding carboxylic acids is 1. The summed E-state index contributed by atoms with van der Waals surface area (Å²) < 4.78 is 50.4. The smallest absolute Gasteiger partial charge is 0.242 e. The highest BCUT2D eigenvalue weighted by molar-refractivity contribution is 9.10. The Balaban J connectivity index is 2.22. The largest absolute Gasteiger partial charge is 0.322 e. The van der Waals surface area contributed by atoms with Gasteiger partial charge in [-0.25, -0.2) is 17.2 Å². The maximum Gasteiger partial charge on any atom is 0.242 e. The van der Waals surface area contributed by atoms with Gasteiger partial charge in [-0.3, -0.25) is 4.79 Å². The molecule has 0 aliphatic carbocycles. The number of amides is 1. The number of hydrogen-bond donors (Lipinski definition) is 1. The van der Waals surface area contributed by atoms with E-state index in [0.717, 1.165) is 12.1 Å². The summed E-state index contributed by atoms with van der Waals surface area (Å²) in [6, 6.07) is 1.69. The Morgan fingerprint density at radius 3 is 2.60 bits per heavy atom. The lowest BCUT2D eigenvalue weighted by Gasteiger charge is -2.21. The summed E-state index contributed by atoms with van der Waals surface area (Å²) in [6.07, 6.45) is 1.34. The van der Waals surface area contributed by atoms with Crippen LogP contribution in [0.1, 0.15) is 19.3 Å². The SMILES string of the molecule is O=C(Nc1cc(F)c(Br)cc1F)C1CCCCS1(=O)=O. The molecule has 1 unspecified atom stereocenters. The van der Waals surface area contributed by atoms with Gasteiger partial charge < -0.3 is 5.32 Å². The molecule has 1 amide bonds. The molecule has 0 bridgehead atoms. The van der Waals surface area contributed by atoms with Crippen LogP contribution < -0.4 is 5.32 Å². The molecule has 1 heterocycles. The van der Waals surface area contributed by atoms with Crippen molar-refractivity contribution < 1.29 is 22.0 Å². The molecule has 1 fully saturated rings. The van der Waals surface area contributed by atoms with Gasteiger partial charge in [-0.05, 0) is 34.8 Å². The molecule has 1 aromatic carbocycles. The van der Waals surface area contributed by atoms with Crippen LogP contribution in [0.3, 0.4) is 0 Å². The van der Waals surface area contributed by atoms with Crippen LogP contribution in [0, 0.1) is 11.6 Å². The number of benzene rings is 1. The molecule has 1 aromatic rings. The summed E-state index contributed by atoms with van der Waals surface area (Å²) in [5.74, 6) is -2.44. The third-order valence-electron chi connectivity index (χ3n) is 3.14. The summed E-state index contributed by atoms with van der Waals surface area (Å²) in [5, 5.41) is 0.957. The number of rotatable bonds is 2. The monoisotopic (exact) mass is 367 g/mol. The number of nitrogens with one attached hydrogen (secondary N) is 1. The van der Waals surface area contributed by atoms with Crippen molar-refractivity contribution in [2.24, 2.45) is 0 Å². The van der Waals surface area contributed by atoms with Crippen molar-refractivity contribution in [3.8, 4) is 0 Å². The lowest BCUT2D eigenvalue weighted by Crippen LogP contribution is -2.39. The Labute approximate surface area is 123 Å². The molecule has 2 rings (SSSR count). The predicted octanol–water partition coefficient (Wildman–Crippen LogP) is 2.63. The predicted molar refractivity (Wildman–Crippen MR) is 74.1 cm³/mol. The summed E-state index contributed by atoms with van der Waals surface area (Å²) in [5.41, 5.74) is -0.364. The maximum absolute atomic E-state index is 13.6. The molecule has 0 radical (unpaired) electrons. The second-order valence-electron chi connectivity index (χ2n) is 4.59. The van der Waals surface area contributed by atoms with E-state index in [1.807, 2.05) is 0 Å². The zero-order valence-corrected chi connectivity index (χ0v) is 12.7. The Hall–Kier alpha value is -1.02. The lowest BCUT2D eigenvalue weighted by atomic mass is 10.2. The van der Waals surface area contributed by atoms with Gasteiger partial charge in [0.15, 0.2) is 9.84 Å². The molecule has 4 nitrogen and oxygen atoms in total. The van der Waals surface area contributed by atoms with E-state index in [1.165, 1.54) is 0 Å². The topological polar surface area (TPSA) is 63.2 Å². The van der Waals surface area contributed by atoms with Gasteiger partial charge in [-0.2, -0.15) is 0 Å². The van der Waals surface area contributed by atoms with Gasteiger partial charge in [0.25, 0.3) is 0 Å². The molecular formula is C12H12BrF2NO3S. The van der Waals surface area contributed by atoms with E-state index in [-0.39, 0.29) is 22.3 Å². The minimum atomic E-state index is -3.51. The molecule has 8 heteroatoms. The fourth-order valence-corrected chi connectivity index (χ4v) is 4.20. The maximum atomic E-state index is 13.6. The highest BCUT2D eigenvalue weighted by Gasteiger charge is 2.35. The molecule has 0 saturated carbocycles. The highest BCUT2D eigenvalue weighted by Crippen LogP contribution is 2.25. The lowest BCUT2D eigenvalue weighted by molar-refractivity contribution is -0.116. The van der Waals surface area contributed by atoms with Crippen molar-refractivity contribution in [3.05, 3.63) is 28.2 Å². The van der Waals surface area contributed by atoms with Gasteiger partial charge in [0.05, 0.1) is 15.9 Å². The third-order valence-corrected chi connectivity index (χ3v) is 5.92. The Kier molecular flexibility index (Phi) is 4.43. The number of anilines is 1. The molecule has 1 saturated heterocycles. The van der Waals surface area contributed by atoms with Gasteiger partial charge in [0, 0.05) is 6.07 Å². The van der Waals surface area contributed by atoms with E-state index in [0.29, 0.717) is 12.8 Å². The van der Waals surface area contributed by atoms with Crippen LogP contribution in [-0.2, 0) is 14.6 Å². The van der Waals surface area contributed by atoms with Crippen molar-refractivity contribution in [1.29, 1.82) is 0 Å². The fourth-order valence-electron chi connectivity index (χ4n) is 2.08. The minimum absolute atomic E-state index is 0.0533. The molecule has 1 aliphatic heterocycles. The van der Waals surface area contributed by atoms with Crippen LogP contribution in [0.25, 0.3) is 0 Å². The number of halogens is 3. The van der Waals surface area contributed by atoms with Crippen molar-refractivity contribution in [2.45, 2.75) is 24.5 Å². The Bertz CT molecular complexity index is 648. The molecule has 110 valence electrons. The molecule has 0 aromatic heterocycles. The van der Waals surface area contributed by atoms with Crippen LogP contribution in [0.15, 0.2) is 16.6 Å². The van der Waals surface area contributed by atoms with E-state index in [2.05, 4.69) is 21.2 Å². The minimum Gasteiger partial charge on any atom is -0.322 e. The first-order valence-electron chi connectivity index (χ1n) is 5.98. The van der Waals surface area contributed by atoms with Gasteiger partial charge in [0.1, 0.15) is 16.9 Å². The highest BCUT2D eigenvalue weighted by atomic mass is 79.9. The van der Waals surface area contributed by atoms with Gasteiger partial charge in [-0.15, -0.1) is 0 Å². The number of hydrogen-bond acceptors (Lipinski definition) is 3. The zero-order chi connectivity index (χ0) is 14.9. The average Bonchev–Trinajstić information content (AvgIpc) is 2.35. The average molecular weight is 368 g/mol. The van der Waals surface area contributed by atoms with E-state index in [4.69, 9.17) is 0 Å². The van der Waals surface area contributed by atoms with Gasteiger partial charge >= 0.3 is 0 Å². The quantitative estimate of drug-likeness (QED) is 0.817. The first-order chi connectivity index (χ1) is 9.31. The molecule has 1 N–H and O–H groups in total. The molecular weight excluding hydrogens is 356 g/mol. The van der Waals surface area contributed by atoms with Crippen molar-refractivity contribution >= 4 is 37.4 Å². The van der Waals surface area contributed by atoms with Gasteiger partial charge in [0.2, 0.25) is 5.91 Å². The zero-order valence-electron chi connectivity index (χ0n) is 10.3. The molecule has 1 aliphatic rings. The van der Waals surface area contributed by atoms with Crippen molar-refractivity contribution in [3.63, 3.8) is 0 Å². The first kappa shape index (κ1) is 15.4. The van der Waals surface area contributed by atoms with Crippen LogP contribution in [0.4, 0.5) is 14.5 Å². The van der Waals surface area contributed by atoms with Crippen molar-refractivity contribution in [1.82, 2.24) is 0 Å².